The Balaban J connectivity index is 3.48. The van der Waals surface area contributed by atoms with Crippen molar-refractivity contribution in [1.29, 1.82) is 0 Å². The van der Waals surface area contributed by atoms with Gasteiger partial charge in [0.25, 0.3) is 0 Å². The van der Waals surface area contributed by atoms with E-state index in [2.05, 4.69) is 5.32 Å². The molecule has 0 aliphatic carbocycles. The first-order valence-corrected chi connectivity index (χ1v) is 3.16. The summed E-state index contributed by atoms with van der Waals surface area (Å²) in [7, 11) is 3.77. The van der Waals surface area contributed by atoms with Gasteiger partial charge in [0.15, 0.2) is 0 Å². The molecular formula is C6H14N2O2. The third-order valence-electron chi connectivity index (χ3n) is 1.11. The van der Waals surface area contributed by atoms with Crippen LogP contribution >= 0.6 is 0 Å². The summed E-state index contributed by atoms with van der Waals surface area (Å²) in [6, 6.07) is -0.146. The van der Waals surface area contributed by atoms with E-state index in [1.165, 1.54) is 0 Å². The Morgan fingerprint density at radius 1 is 1.70 bits per heavy atom. The van der Waals surface area contributed by atoms with E-state index in [0.717, 1.165) is 0 Å². The van der Waals surface area contributed by atoms with Crippen LogP contribution in [0.25, 0.3) is 0 Å². The number of hydrogen-bond donors (Lipinski definition) is 2. The molecule has 1 amide bonds. The molecule has 0 aliphatic heterocycles. The summed E-state index contributed by atoms with van der Waals surface area (Å²) < 4.78 is 0. The van der Waals surface area contributed by atoms with Crippen molar-refractivity contribution in [2.45, 2.75) is 6.04 Å². The Labute approximate surface area is 60.8 Å². The summed E-state index contributed by atoms with van der Waals surface area (Å²) >= 11 is 0. The molecule has 0 bridgehead atoms. The van der Waals surface area contributed by atoms with Crippen LogP contribution in [0.4, 0.5) is 0 Å². The van der Waals surface area contributed by atoms with E-state index in [4.69, 9.17) is 5.11 Å². The number of aliphatic hydroxyl groups excluding tert-OH is 1. The van der Waals surface area contributed by atoms with E-state index < -0.39 is 0 Å². The summed E-state index contributed by atoms with van der Waals surface area (Å²) in [5, 5.41) is 11.1. The quantitative estimate of drug-likeness (QED) is 0.472. The zero-order valence-corrected chi connectivity index (χ0v) is 6.37. The highest BCUT2D eigenvalue weighted by Crippen LogP contribution is 1.82. The Morgan fingerprint density at radius 2 is 2.30 bits per heavy atom. The van der Waals surface area contributed by atoms with Crippen LogP contribution in [0.5, 0.6) is 0 Å². The van der Waals surface area contributed by atoms with Gasteiger partial charge in [-0.2, -0.15) is 0 Å². The molecule has 60 valence electrons. The van der Waals surface area contributed by atoms with Crippen LogP contribution in [0.1, 0.15) is 0 Å². The lowest BCUT2D eigenvalue weighted by molar-refractivity contribution is -0.110. The molecule has 0 aromatic carbocycles. The van der Waals surface area contributed by atoms with Gasteiger partial charge >= 0.3 is 0 Å². The maximum Gasteiger partial charge on any atom is 0.207 e. The van der Waals surface area contributed by atoms with Gasteiger partial charge < -0.3 is 15.3 Å². The zero-order chi connectivity index (χ0) is 7.98. The Hall–Kier alpha value is -0.610. The second-order valence-electron chi connectivity index (χ2n) is 2.43. The largest absolute Gasteiger partial charge is 0.394 e. The number of carbonyl (C=O) groups excluding carboxylic acids is 1. The molecule has 0 radical (unpaired) electrons. The van der Waals surface area contributed by atoms with Crippen molar-refractivity contribution in [2.24, 2.45) is 0 Å². The molecule has 0 fully saturated rings. The maximum atomic E-state index is 9.91. The molecule has 0 saturated heterocycles. The van der Waals surface area contributed by atoms with Crippen LogP contribution in [-0.2, 0) is 4.79 Å². The fourth-order valence-electron chi connectivity index (χ4n) is 0.700. The highest BCUT2D eigenvalue weighted by Gasteiger charge is 2.05. The van der Waals surface area contributed by atoms with Crippen molar-refractivity contribution in [2.75, 3.05) is 27.2 Å². The highest BCUT2D eigenvalue weighted by molar-refractivity contribution is 5.46. The Kier molecular flexibility index (Phi) is 4.88. The first-order chi connectivity index (χ1) is 4.70. The molecule has 1 atom stereocenters. The smallest absolute Gasteiger partial charge is 0.207 e. The number of carbonyl (C=O) groups is 1. The van der Waals surface area contributed by atoms with E-state index in [1.54, 1.807) is 0 Å². The van der Waals surface area contributed by atoms with Gasteiger partial charge in [-0.05, 0) is 14.1 Å². The normalized spacial score (nSPS) is 13.2. The second kappa shape index (κ2) is 5.20. The number of hydrogen-bond acceptors (Lipinski definition) is 3. The van der Waals surface area contributed by atoms with Crippen LogP contribution in [0.15, 0.2) is 0 Å². The summed E-state index contributed by atoms with van der Waals surface area (Å²) in [6.45, 7) is 0.645. The lowest BCUT2D eigenvalue weighted by atomic mass is 10.3. The lowest BCUT2D eigenvalue weighted by Crippen LogP contribution is -2.40. The Bertz CT molecular complexity index is 95.7. The SMILES string of the molecule is CN(C)C[C@@H](CO)NC=O. The molecule has 2 N–H and O–H groups in total. The molecule has 4 nitrogen and oxygen atoms in total. The summed E-state index contributed by atoms with van der Waals surface area (Å²) in [4.78, 5) is 11.8. The maximum absolute atomic E-state index is 9.91. The molecule has 0 aromatic heterocycles. The predicted molar refractivity (Wildman–Crippen MR) is 38.6 cm³/mol. The van der Waals surface area contributed by atoms with Crippen LogP contribution in [0.2, 0.25) is 0 Å². The van der Waals surface area contributed by atoms with Gasteiger partial charge in [0.05, 0.1) is 12.6 Å². The van der Waals surface area contributed by atoms with Gasteiger partial charge in [-0.15, -0.1) is 0 Å². The van der Waals surface area contributed by atoms with Gasteiger partial charge in [-0.3, -0.25) is 4.79 Å². The minimum absolute atomic E-state index is 0.0169. The number of aliphatic hydroxyl groups is 1. The van der Waals surface area contributed by atoms with Crippen molar-refractivity contribution in [3.63, 3.8) is 0 Å². The molecule has 0 aromatic rings. The lowest BCUT2D eigenvalue weighted by Gasteiger charge is -2.17. The van der Waals surface area contributed by atoms with Crippen molar-refractivity contribution in [3.8, 4) is 0 Å². The summed E-state index contributed by atoms with van der Waals surface area (Å²) in [5.74, 6) is 0. The third kappa shape index (κ3) is 4.29. The highest BCUT2D eigenvalue weighted by atomic mass is 16.3. The summed E-state index contributed by atoms with van der Waals surface area (Å²) in [5.41, 5.74) is 0. The number of nitrogens with zero attached hydrogens (tertiary/aromatic N) is 1. The molecule has 0 spiro atoms. The average molecular weight is 146 g/mol. The number of nitrogens with one attached hydrogen (secondary N) is 1. The standard InChI is InChI=1S/C6H14N2O2/c1-8(2)3-6(4-9)7-5-10/h5-6,9H,3-4H2,1-2H3,(H,7,10)/t6-/m0/s1. The van der Waals surface area contributed by atoms with Crippen molar-refractivity contribution >= 4 is 6.41 Å². The topological polar surface area (TPSA) is 52.6 Å². The van der Waals surface area contributed by atoms with Crippen molar-refractivity contribution < 1.29 is 9.90 Å². The van der Waals surface area contributed by atoms with Crippen molar-refractivity contribution in [3.05, 3.63) is 0 Å². The summed E-state index contributed by atoms with van der Waals surface area (Å²) in [6.07, 6.45) is 0.602. The molecule has 4 heteroatoms. The average Bonchev–Trinajstić information content (AvgIpc) is 1.86. The molecular weight excluding hydrogens is 132 g/mol. The minimum Gasteiger partial charge on any atom is -0.394 e. The van der Waals surface area contributed by atoms with Gasteiger partial charge in [0.1, 0.15) is 0 Å². The van der Waals surface area contributed by atoms with Crippen LogP contribution in [0.3, 0.4) is 0 Å². The fraction of sp³-hybridized carbons (Fsp3) is 0.833. The first-order valence-electron chi connectivity index (χ1n) is 3.16. The number of likely N-dealkylation sites (N-methyl/N-ethyl adjacent to an activating group) is 1. The second-order valence-corrected chi connectivity index (χ2v) is 2.43. The first kappa shape index (κ1) is 9.39. The van der Waals surface area contributed by atoms with Crippen LogP contribution in [-0.4, -0.2) is 49.7 Å². The van der Waals surface area contributed by atoms with Gasteiger partial charge in [-0.25, -0.2) is 0 Å². The van der Waals surface area contributed by atoms with Gasteiger partial charge in [-0.1, -0.05) is 0 Å². The van der Waals surface area contributed by atoms with E-state index >= 15 is 0 Å². The van der Waals surface area contributed by atoms with E-state index in [-0.39, 0.29) is 12.6 Å². The zero-order valence-electron chi connectivity index (χ0n) is 6.37. The minimum atomic E-state index is -0.146. The van der Waals surface area contributed by atoms with E-state index in [1.807, 2.05) is 19.0 Å². The van der Waals surface area contributed by atoms with Crippen LogP contribution < -0.4 is 5.32 Å². The molecule has 0 saturated carbocycles. The third-order valence-corrected chi connectivity index (χ3v) is 1.11. The molecule has 0 aliphatic rings. The predicted octanol–water partition coefficient (Wildman–Crippen LogP) is -1.35. The monoisotopic (exact) mass is 146 g/mol. The Morgan fingerprint density at radius 3 is 2.60 bits per heavy atom. The molecule has 0 rings (SSSR count). The number of amides is 1. The molecule has 0 heterocycles. The molecule has 10 heavy (non-hydrogen) atoms. The van der Waals surface area contributed by atoms with E-state index in [9.17, 15) is 4.79 Å². The van der Waals surface area contributed by atoms with E-state index in [0.29, 0.717) is 13.0 Å². The fourth-order valence-corrected chi connectivity index (χ4v) is 0.700. The van der Waals surface area contributed by atoms with Crippen LogP contribution in [0, 0.1) is 0 Å². The number of rotatable bonds is 5. The van der Waals surface area contributed by atoms with Gasteiger partial charge in [0, 0.05) is 6.54 Å². The van der Waals surface area contributed by atoms with Gasteiger partial charge in [0.2, 0.25) is 6.41 Å². The molecule has 0 unspecified atom stereocenters. The van der Waals surface area contributed by atoms with Crippen molar-refractivity contribution in [1.82, 2.24) is 10.2 Å².